The number of amides is 3. The number of H-pyrrole nitrogens is 1. The number of nitrogens with zero attached hydrogens (tertiary/aromatic N) is 1. The summed E-state index contributed by atoms with van der Waals surface area (Å²) in [6.07, 6.45) is -3.54. The number of ether oxygens (including phenoxy) is 1. The topological polar surface area (TPSA) is 189 Å². The number of nitrogens with two attached hydrogens (primary N) is 1. The van der Waals surface area contributed by atoms with Gasteiger partial charge in [-0.1, -0.05) is 18.2 Å². The highest BCUT2D eigenvalue weighted by Gasteiger charge is 2.38. The van der Waals surface area contributed by atoms with Crippen molar-refractivity contribution in [3.63, 3.8) is 0 Å². The van der Waals surface area contributed by atoms with E-state index >= 15 is 0 Å². The number of hydrogen-bond donors (Lipinski definition) is 6. The standard InChI is InChI=1S/C20H20N6O4.C2HF3O2/c1-30-19(28)13-5-3-7-15(9-13)25-20(29)24-14-6-2-4-12(8-14)10-22-16-11-23-26-17(16)18(21)27;3-2(4,5)1(6)7/h2-9,11,22H,10H2,1H3,(H2,21,27)(H,23,26)(H2,24,25,29);(H,6,7). The summed E-state index contributed by atoms with van der Waals surface area (Å²) in [5, 5.41) is 22.0. The summed E-state index contributed by atoms with van der Waals surface area (Å²) < 4.78 is 36.4. The van der Waals surface area contributed by atoms with Gasteiger partial charge in [0.25, 0.3) is 5.91 Å². The Morgan fingerprint density at radius 2 is 1.65 bits per heavy atom. The van der Waals surface area contributed by atoms with Crippen molar-refractivity contribution in [2.75, 3.05) is 23.1 Å². The second-order valence-electron chi connectivity index (χ2n) is 7.02. The van der Waals surface area contributed by atoms with E-state index in [-0.39, 0.29) is 5.69 Å². The molecule has 0 atom stereocenters. The van der Waals surface area contributed by atoms with Crippen LogP contribution in [0.1, 0.15) is 26.4 Å². The Bertz CT molecular complexity index is 1280. The molecule has 0 fully saturated rings. The molecule has 0 aliphatic heterocycles. The van der Waals surface area contributed by atoms with Crippen molar-refractivity contribution >= 4 is 40.9 Å². The molecule has 12 nitrogen and oxygen atoms in total. The summed E-state index contributed by atoms with van der Waals surface area (Å²) in [6, 6.07) is 13.1. The molecule has 0 radical (unpaired) electrons. The van der Waals surface area contributed by atoms with Crippen molar-refractivity contribution in [1.82, 2.24) is 10.2 Å². The number of carboxylic acid groups (broad SMARTS) is 1. The molecule has 0 saturated heterocycles. The number of benzene rings is 2. The fraction of sp³-hybridized carbons (Fsp3) is 0.136. The molecule has 0 bridgehead atoms. The zero-order valence-electron chi connectivity index (χ0n) is 19.1. The number of nitrogens with one attached hydrogen (secondary N) is 4. The van der Waals surface area contributed by atoms with Crippen LogP contribution < -0.4 is 21.7 Å². The fourth-order valence-corrected chi connectivity index (χ4v) is 2.70. The van der Waals surface area contributed by atoms with Crippen LogP contribution >= 0.6 is 0 Å². The Morgan fingerprint density at radius 1 is 1.05 bits per heavy atom. The minimum absolute atomic E-state index is 0.123. The number of carboxylic acids is 1. The van der Waals surface area contributed by atoms with E-state index in [1.165, 1.54) is 19.4 Å². The van der Waals surface area contributed by atoms with Gasteiger partial charge in [-0.25, -0.2) is 14.4 Å². The van der Waals surface area contributed by atoms with Crippen LogP contribution in [0.5, 0.6) is 0 Å². The highest BCUT2D eigenvalue weighted by atomic mass is 19.4. The fourth-order valence-electron chi connectivity index (χ4n) is 2.70. The number of anilines is 3. The maximum Gasteiger partial charge on any atom is 0.490 e. The first-order valence-corrected chi connectivity index (χ1v) is 10.1. The Hall–Kier alpha value is -5.08. The van der Waals surface area contributed by atoms with Gasteiger partial charge in [-0.2, -0.15) is 18.3 Å². The molecule has 196 valence electrons. The Morgan fingerprint density at radius 3 is 2.22 bits per heavy atom. The Balaban J connectivity index is 0.000000604. The van der Waals surface area contributed by atoms with Crippen molar-refractivity contribution in [3.05, 3.63) is 71.5 Å². The molecule has 7 N–H and O–H groups in total. The van der Waals surface area contributed by atoms with E-state index in [0.29, 0.717) is 29.2 Å². The minimum atomic E-state index is -5.08. The molecule has 2 aromatic carbocycles. The van der Waals surface area contributed by atoms with Crippen LogP contribution in [-0.4, -0.2) is 52.5 Å². The number of halogens is 3. The van der Waals surface area contributed by atoms with Crippen LogP contribution in [0, 0.1) is 0 Å². The van der Waals surface area contributed by atoms with E-state index in [2.05, 4.69) is 30.9 Å². The lowest BCUT2D eigenvalue weighted by Gasteiger charge is -2.10. The number of carbonyl (C=O) groups is 4. The van der Waals surface area contributed by atoms with Crippen molar-refractivity contribution < 1.29 is 42.2 Å². The van der Waals surface area contributed by atoms with E-state index in [1.807, 2.05) is 6.07 Å². The lowest BCUT2D eigenvalue weighted by atomic mass is 10.2. The second-order valence-corrected chi connectivity index (χ2v) is 7.02. The van der Waals surface area contributed by atoms with Gasteiger partial charge < -0.3 is 31.5 Å². The van der Waals surface area contributed by atoms with Crippen LogP contribution in [-0.2, 0) is 16.1 Å². The average molecular weight is 522 g/mol. The number of carbonyl (C=O) groups excluding carboxylic acids is 3. The summed E-state index contributed by atoms with van der Waals surface area (Å²) in [5.41, 5.74) is 8.08. The van der Waals surface area contributed by atoms with E-state index in [0.717, 1.165) is 5.56 Å². The molecule has 3 aromatic rings. The number of urea groups is 1. The van der Waals surface area contributed by atoms with Crippen molar-refractivity contribution in [2.24, 2.45) is 5.73 Å². The third-order valence-electron chi connectivity index (χ3n) is 4.33. The van der Waals surface area contributed by atoms with Gasteiger partial charge >= 0.3 is 24.1 Å². The van der Waals surface area contributed by atoms with Crippen LogP contribution in [0.4, 0.5) is 35.0 Å². The first kappa shape index (κ1) is 28.2. The summed E-state index contributed by atoms with van der Waals surface area (Å²) in [5.74, 6) is -3.88. The van der Waals surface area contributed by atoms with Gasteiger partial charge in [0.15, 0.2) is 5.69 Å². The SMILES string of the molecule is COC(=O)c1cccc(NC(=O)Nc2cccc(CNc3c[nH]nc3C(N)=O)c2)c1.O=C(O)C(F)(F)F. The van der Waals surface area contributed by atoms with Crippen LogP contribution in [0.3, 0.4) is 0 Å². The number of aromatic nitrogens is 2. The number of methoxy groups -OCH3 is 1. The van der Waals surface area contributed by atoms with Gasteiger partial charge in [0.1, 0.15) is 0 Å². The third-order valence-corrected chi connectivity index (χ3v) is 4.33. The monoisotopic (exact) mass is 522 g/mol. The summed E-state index contributed by atoms with van der Waals surface area (Å²) in [6.45, 7) is 0.387. The Kier molecular flexibility index (Phi) is 9.57. The number of primary amides is 1. The molecule has 0 aliphatic rings. The number of aliphatic carboxylic acids is 1. The largest absolute Gasteiger partial charge is 0.490 e. The van der Waals surface area contributed by atoms with Gasteiger partial charge in [-0.3, -0.25) is 9.89 Å². The van der Waals surface area contributed by atoms with Crippen molar-refractivity contribution in [1.29, 1.82) is 0 Å². The first-order chi connectivity index (χ1) is 17.4. The summed E-state index contributed by atoms with van der Waals surface area (Å²) in [7, 11) is 1.29. The van der Waals surface area contributed by atoms with E-state index in [9.17, 15) is 27.6 Å². The normalized spacial score (nSPS) is 10.4. The van der Waals surface area contributed by atoms with E-state index in [4.69, 9.17) is 15.6 Å². The lowest BCUT2D eigenvalue weighted by Crippen LogP contribution is -2.21. The molecule has 1 aromatic heterocycles. The molecule has 0 spiro atoms. The van der Waals surface area contributed by atoms with E-state index < -0.39 is 30.1 Å². The highest BCUT2D eigenvalue weighted by molar-refractivity contribution is 6.01. The number of rotatable bonds is 7. The van der Waals surface area contributed by atoms with Gasteiger partial charge in [0.05, 0.1) is 18.4 Å². The van der Waals surface area contributed by atoms with Crippen LogP contribution in [0.15, 0.2) is 54.7 Å². The van der Waals surface area contributed by atoms with Gasteiger partial charge in [-0.05, 0) is 35.9 Å². The zero-order chi connectivity index (χ0) is 27.6. The molecule has 15 heteroatoms. The predicted octanol–water partition coefficient (Wildman–Crippen LogP) is 3.18. The molecular formula is C22H21F3N6O6. The molecule has 3 amide bonds. The molecule has 0 unspecified atom stereocenters. The smallest absolute Gasteiger partial charge is 0.475 e. The highest BCUT2D eigenvalue weighted by Crippen LogP contribution is 2.17. The maximum absolute atomic E-state index is 12.3. The quantitative estimate of drug-likeness (QED) is 0.255. The number of alkyl halides is 3. The summed E-state index contributed by atoms with van der Waals surface area (Å²) in [4.78, 5) is 44.1. The molecule has 37 heavy (non-hydrogen) atoms. The minimum Gasteiger partial charge on any atom is -0.475 e. The van der Waals surface area contributed by atoms with E-state index in [1.54, 1.807) is 36.4 Å². The third kappa shape index (κ3) is 8.89. The number of hydrogen-bond acceptors (Lipinski definition) is 7. The summed E-state index contributed by atoms with van der Waals surface area (Å²) >= 11 is 0. The molecule has 0 saturated carbocycles. The average Bonchev–Trinajstić information content (AvgIpc) is 3.31. The first-order valence-electron chi connectivity index (χ1n) is 10.1. The molecule has 1 heterocycles. The van der Waals surface area contributed by atoms with Crippen LogP contribution in [0.2, 0.25) is 0 Å². The van der Waals surface area contributed by atoms with Gasteiger partial charge in [0.2, 0.25) is 0 Å². The Labute approximate surface area is 207 Å². The molecule has 3 rings (SSSR count). The van der Waals surface area contributed by atoms with Gasteiger partial charge in [0, 0.05) is 24.1 Å². The predicted molar refractivity (Wildman–Crippen MR) is 125 cm³/mol. The number of aromatic amines is 1. The molecular weight excluding hydrogens is 501 g/mol. The zero-order valence-corrected chi connectivity index (χ0v) is 19.1. The number of esters is 1. The van der Waals surface area contributed by atoms with Crippen molar-refractivity contribution in [3.8, 4) is 0 Å². The second kappa shape index (κ2) is 12.6. The lowest BCUT2D eigenvalue weighted by molar-refractivity contribution is -0.192. The molecule has 0 aliphatic carbocycles. The van der Waals surface area contributed by atoms with Crippen LogP contribution in [0.25, 0.3) is 0 Å². The maximum atomic E-state index is 12.3. The van der Waals surface area contributed by atoms with Crippen molar-refractivity contribution in [2.45, 2.75) is 12.7 Å². The van der Waals surface area contributed by atoms with Gasteiger partial charge in [-0.15, -0.1) is 0 Å².